The molecule has 2 aromatic carbocycles. The summed E-state index contributed by atoms with van der Waals surface area (Å²) in [6.07, 6.45) is 7.10. The van der Waals surface area contributed by atoms with Crippen molar-refractivity contribution < 1.29 is 13.9 Å². The zero-order chi connectivity index (χ0) is 28.6. The number of fused-ring (bicyclic) bond motifs is 1. The molecule has 42 heavy (non-hydrogen) atoms. The van der Waals surface area contributed by atoms with Gasteiger partial charge in [0.25, 0.3) is 0 Å². The Bertz CT molecular complexity index is 1720. The predicted molar refractivity (Wildman–Crippen MR) is 157 cm³/mol. The predicted octanol–water partition coefficient (Wildman–Crippen LogP) is 6.22. The molecule has 214 valence electrons. The molecule has 5 heterocycles. The second-order valence-electron chi connectivity index (χ2n) is 11.1. The minimum atomic E-state index is 0.146. The van der Waals surface area contributed by atoms with Crippen LogP contribution in [0.4, 0.5) is 0 Å². The van der Waals surface area contributed by atoms with Gasteiger partial charge in [-0.05, 0) is 49.2 Å². The zero-order valence-electron chi connectivity index (χ0n) is 23.6. The monoisotopic (exact) mass is 581 g/mol. The van der Waals surface area contributed by atoms with Crippen molar-refractivity contribution in [3.8, 4) is 33.5 Å². The number of amides is 1. The third kappa shape index (κ3) is 5.32. The van der Waals surface area contributed by atoms with Crippen LogP contribution in [0.25, 0.3) is 22.0 Å². The standard InChI is InChI=1S/C31H31N7O3S/c1-19(2)30-35-36-31(42-30)20-7-10-24(11-8-20)40-25-16-21(5-6-22(25)17-38-14-3-4-27(38)39)28-33-34-29(41-28)23-9-12-26-32-13-15-37(26)18-23/h5-8,10-11,13,15-16,19,23H,3-4,9,12,14,17-18H2,1-2H3. The molecule has 0 radical (unpaired) electrons. The van der Waals surface area contributed by atoms with Gasteiger partial charge in [-0.25, -0.2) is 4.98 Å². The number of carbonyl (C=O) groups excluding carboxylic acids is 1. The highest BCUT2D eigenvalue weighted by molar-refractivity contribution is 7.14. The van der Waals surface area contributed by atoms with Gasteiger partial charge in [0.2, 0.25) is 17.7 Å². The van der Waals surface area contributed by atoms with Gasteiger partial charge in [-0.15, -0.1) is 20.4 Å². The average molecular weight is 582 g/mol. The minimum absolute atomic E-state index is 0.146. The van der Waals surface area contributed by atoms with Gasteiger partial charge in [0.15, 0.2) is 0 Å². The van der Waals surface area contributed by atoms with Gasteiger partial charge >= 0.3 is 0 Å². The third-order valence-corrected chi connectivity index (χ3v) is 9.11. The van der Waals surface area contributed by atoms with Crippen molar-refractivity contribution in [2.24, 2.45) is 0 Å². The Kier molecular flexibility index (Phi) is 7.02. The molecule has 1 saturated heterocycles. The topological polar surface area (TPSA) is 112 Å². The van der Waals surface area contributed by atoms with Crippen molar-refractivity contribution in [2.45, 2.75) is 64.5 Å². The maximum absolute atomic E-state index is 12.4. The van der Waals surface area contributed by atoms with E-state index in [0.29, 0.717) is 42.2 Å². The minimum Gasteiger partial charge on any atom is -0.457 e. The van der Waals surface area contributed by atoms with Crippen LogP contribution in [0.5, 0.6) is 11.5 Å². The molecule has 3 aromatic heterocycles. The van der Waals surface area contributed by atoms with Crippen molar-refractivity contribution in [2.75, 3.05) is 6.54 Å². The summed E-state index contributed by atoms with van der Waals surface area (Å²) in [6.45, 7) is 6.24. The lowest BCUT2D eigenvalue weighted by atomic mass is 9.99. The van der Waals surface area contributed by atoms with Crippen molar-refractivity contribution >= 4 is 17.2 Å². The SMILES string of the molecule is CC(C)c1nnc(-c2ccc(Oc3cc(-c4nnc(C5CCc6nccn6C5)o4)ccc3CN3CCCC3=O)cc2)s1. The van der Waals surface area contributed by atoms with Crippen LogP contribution in [-0.2, 0) is 24.3 Å². The number of imidazole rings is 1. The van der Waals surface area contributed by atoms with Crippen LogP contribution in [0.1, 0.15) is 67.2 Å². The van der Waals surface area contributed by atoms with E-state index in [1.165, 1.54) is 0 Å². The lowest BCUT2D eigenvalue weighted by Gasteiger charge is -2.20. The molecular weight excluding hydrogens is 550 g/mol. The maximum atomic E-state index is 12.4. The number of rotatable bonds is 8. The summed E-state index contributed by atoms with van der Waals surface area (Å²) in [6, 6.07) is 13.7. The molecule has 0 spiro atoms. The number of carbonyl (C=O) groups is 1. The Morgan fingerprint density at radius 3 is 2.69 bits per heavy atom. The first-order valence-corrected chi connectivity index (χ1v) is 15.2. The molecule has 0 saturated carbocycles. The molecule has 0 aliphatic carbocycles. The fraction of sp³-hybridized carbons (Fsp3) is 0.355. The van der Waals surface area contributed by atoms with Gasteiger partial charge in [0.1, 0.15) is 27.3 Å². The van der Waals surface area contributed by atoms with E-state index in [-0.39, 0.29) is 11.8 Å². The molecule has 2 aliphatic rings. The van der Waals surface area contributed by atoms with Crippen LogP contribution in [0.3, 0.4) is 0 Å². The van der Waals surface area contributed by atoms with Crippen LogP contribution in [-0.4, -0.2) is 47.3 Å². The van der Waals surface area contributed by atoms with E-state index >= 15 is 0 Å². The molecule has 1 amide bonds. The Morgan fingerprint density at radius 2 is 1.90 bits per heavy atom. The van der Waals surface area contributed by atoms with Crippen LogP contribution >= 0.6 is 11.3 Å². The Hall–Kier alpha value is -4.38. The van der Waals surface area contributed by atoms with Crippen molar-refractivity contribution in [3.05, 3.63) is 77.1 Å². The average Bonchev–Trinajstić information content (AvgIpc) is 3.82. The third-order valence-electron chi connectivity index (χ3n) is 7.84. The molecule has 1 atom stereocenters. The van der Waals surface area contributed by atoms with E-state index in [2.05, 4.69) is 43.8 Å². The number of ether oxygens (including phenoxy) is 1. The van der Waals surface area contributed by atoms with Crippen molar-refractivity contribution in [1.82, 2.24) is 34.8 Å². The van der Waals surface area contributed by atoms with E-state index in [9.17, 15) is 4.79 Å². The molecule has 5 aromatic rings. The first kappa shape index (κ1) is 26.5. The summed E-state index contributed by atoms with van der Waals surface area (Å²) in [4.78, 5) is 18.7. The number of hydrogen-bond acceptors (Lipinski definition) is 9. The highest BCUT2D eigenvalue weighted by Gasteiger charge is 2.26. The van der Waals surface area contributed by atoms with E-state index in [0.717, 1.165) is 64.9 Å². The van der Waals surface area contributed by atoms with Crippen LogP contribution < -0.4 is 4.74 Å². The van der Waals surface area contributed by atoms with Crippen molar-refractivity contribution in [1.29, 1.82) is 0 Å². The summed E-state index contributed by atoms with van der Waals surface area (Å²) in [5, 5.41) is 19.3. The number of nitrogens with zero attached hydrogens (tertiary/aromatic N) is 7. The molecule has 10 nitrogen and oxygen atoms in total. The first-order chi connectivity index (χ1) is 20.5. The van der Waals surface area contributed by atoms with Gasteiger partial charge < -0.3 is 18.6 Å². The lowest BCUT2D eigenvalue weighted by Crippen LogP contribution is -2.24. The summed E-state index contributed by atoms with van der Waals surface area (Å²) in [5.41, 5.74) is 2.68. The Labute approximate surface area is 247 Å². The number of aromatic nitrogens is 6. The lowest BCUT2D eigenvalue weighted by molar-refractivity contribution is -0.128. The highest BCUT2D eigenvalue weighted by Crippen LogP contribution is 2.35. The first-order valence-electron chi connectivity index (χ1n) is 14.4. The normalized spacial score (nSPS) is 16.8. The molecule has 1 fully saturated rings. The number of benzene rings is 2. The largest absolute Gasteiger partial charge is 0.457 e. The molecule has 0 bridgehead atoms. The quantitative estimate of drug-likeness (QED) is 0.212. The van der Waals surface area contributed by atoms with Crippen LogP contribution in [0, 0.1) is 0 Å². The molecule has 11 heteroatoms. The molecule has 1 unspecified atom stereocenters. The fourth-order valence-electron chi connectivity index (χ4n) is 5.45. The smallest absolute Gasteiger partial charge is 0.247 e. The summed E-state index contributed by atoms with van der Waals surface area (Å²) >= 11 is 1.60. The van der Waals surface area contributed by atoms with Gasteiger partial charge in [-0.3, -0.25) is 4.79 Å². The van der Waals surface area contributed by atoms with Crippen LogP contribution in [0.15, 0.2) is 59.3 Å². The van der Waals surface area contributed by atoms with Crippen molar-refractivity contribution in [3.63, 3.8) is 0 Å². The second-order valence-corrected chi connectivity index (χ2v) is 12.2. The number of aryl methyl sites for hydroxylation is 1. The molecular formula is C31H31N7O3S. The van der Waals surface area contributed by atoms with Gasteiger partial charge in [0.05, 0.1) is 5.92 Å². The Balaban J connectivity index is 1.15. The molecule has 2 aliphatic heterocycles. The zero-order valence-corrected chi connectivity index (χ0v) is 24.4. The Morgan fingerprint density at radius 1 is 1.05 bits per heavy atom. The van der Waals surface area contributed by atoms with Gasteiger partial charge in [-0.1, -0.05) is 31.3 Å². The fourth-order valence-corrected chi connectivity index (χ4v) is 6.30. The second kappa shape index (κ2) is 11.1. The van der Waals surface area contributed by atoms with E-state index < -0.39 is 0 Å². The summed E-state index contributed by atoms with van der Waals surface area (Å²) < 4.78 is 14.8. The van der Waals surface area contributed by atoms with Crippen LogP contribution in [0.2, 0.25) is 0 Å². The van der Waals surface area contributed by atoms with E-state index in [1.807, 2.05) is 59.8 Å². The van der Waals surface area contributed by atoms with Gasteiger partial charge in [0, 0.05) is 67.5 Å². The summed E-state index contributed by atoms with van der Waals surface area (Å²) in [5.74, 6) is 4.16. The number of hydrogen-bond donors (Lipinski definition) is 0. The van der Waals surface area contributed by atoms with Gasteiger partial charge in [-0.2, -0.15) is 0 Å². The highest BCUT2D eigenvalue weighted by atomic mass is 32.1. The molecule has 7 rings (SSSR count). The van der Waals surface area contributed by atoms with E-state index in [1.54, 1.807) is 11.3 Å². The summed E-state index contributed by atoms with van der Waals surface area (Å²) in [7, 11) is 0. The number of likely N-dealkylation sites (tertiary alicyclic amines) is 1. The van der Waals surface area contributed by atoms with E-state index in [4.69, 9.17) is 9.15 Å². The maximum Gasteiger partial charge on any atom is 0.247 e. The molecule has 0 N–H and O–H groups in total.